The summed E-state index contributed by atoms with van der Waals surface area (Å²) in [5.41, 5.74) is 0.958. The molecule has 0 saturated heterocycles. The molecule has 1 aromatic carbocycles. The highest BCUT2D eigenvalue weighted by atomic mass is 32.1. The molecule has 1 saturated carbocycles. The first-order chi connectivity index (χ1) is 10.3. The fraction of sp³-hybridized carbons (Fsp3) is 0.529. The molecule has 112 valence electrons. The number of nitrogens with one attached hydrogen (secondary N) is 1. The summed E-state index contributed by atoms with van der Waals surface area (Å²) in [4.78, 5) is 16.4. The topological polar surface area (TPSA) is 42.0 Å². The van der Waals surface area contributed by atoms with Gasteiger partial charge < -0.3 is 5.32 Å². The molecule has 1 aromatic heterocycles. The van der Waals surface area contributed by atoms with Crippen LogP contribution in [-0.2, 0) is 4.79 Å². The minimum atomic E-state index is 0.102. The van der Waals surface area contributed by atoms with E-state index in [0.29, 0.717) is 6.42 Å². The Hall–Kier alpha value is -1.42. The summed E-state index contributed by atoms with van der Waals surface area (Å²) in [5, 5.41) is 3.66. The van der Waals surface area contributed by atoms with Gasteiger partial charge in [-0.05, 0) is 30.9 Å². The molecule has 21 heavy (non-hydrogen) atoms. The summed E-state index contributed by atoms with van der Waals surface area (Å²) in [6, 6.07) is 7.98. The van der Waals surface area contributed by atoms with Crippen molar-refractivity contribution in [2.45, 2.75) is 51.4 Å². The minimum absolute atomic E-state index is 0.102. The fourth-order valence-electron chi connectivity index (χ4n) is 3.13. The van der Waals surface area contributed by atoms with Gasteiger partial charge in [-0.1, -0.05) is 55.6 Å². The molecule has 1 aliphatic rings. The fourth-order valence-corrected chi connectivity index (χ4v) is 4.02. The molecule has 1 N–H and O–H groups in total. The van der Waals surface area contributed by atoms with Gasteiger partial charge >= 0.3 is 0 Å². The SMILES string of the molecule is O=C(CCCC1CCCCC1)Nc1nc2ccccc2s1. The summed E-state index contributed by atoms with van der Waals surface area (Å²) >= 11 is 1.54. The molecule has 1 fully saturated rings. The van der Waals surface area contributed by atoms with Crippen LogP contribution in [0, 0.1) is 5.92 Å². The molecule has 0 bridgehead atoms. The molecule has 0 radical (unpaired) electrons. The average Bonchev–Trinajstić information content (AvgIpc) is 2.90. The van der Waals surface area contributed by atoms with E-state index in [1.54, 1.807) is 11.3 Å². The number of nitrogens with zero attached hydrogens (tertiary/aromatic N) is 1. The number of para-hydroxylation sites is 1. The van der Waals surface area contributed by atoms with Crippen molar-refractivity contribution >= 4 is 32.6 Å². The van der Waals surface area contributed by atoms with Gasteiger partial charge in [0.05, 0.1) is 10.2 Å². The van der Waals surface area contributed by atoms with E-state index in [4.69, 9.17) is 0 Å². The van der Waals surface area contributed by atoms with E-state index < -0.39 is 0 Å². The van der Waals surface area contributed by atoms with Crippen LogP contribution in [0.3, 0.4) is 0 Å². The summed E-state index contributed by atoms with van der Waals surface area (Å²) in [6.07, 6.45) is 9.69. The van der Waals surface area contributed by atoms with Crippen LogP contribution in [-0.4, -0.2) is 10.9 Å². The molecule has 4 heteroatoms. The van der Waals surface area contributed by atoms with Gasteiger partial charge in [-0.2, -0.15) is 0 Å². The quantitative estimate of drug-likeness (QED) is 0.845. The predicted molar refractivity (Wildman–Crippen MR) is 88.7 cm³/mol. The first-order valence-electron chi connectivity index (χ1n) is 7.97. The molecular formula is C17H22N2OS. The van der Waals surface area contributed by atoms with Gasteiger partial charge in [-0.15, -0.1) is 0 Å². The molecule has 2 aromatic rings. The number of amides is 1. The monoisotopic (exact) mass is 302 g/mol. The number of fused-ring (bicyclic) bond motifs is 1. The summed E-state index contributed by atoms with van der Waals surface area (Å²) in [6.45, 7) is 0. The number of aromatic nitrogens is 1. The molecule has 1 amide bonds. The second kappa shape index (κ2) is 7.03. The van der Waals surface area contributed by atoms with E-state index in [1.165, 1.54) is 38.5 Å². The van der Waals surface area contributed by atoms with Crippen LogP contribution in [0.1, 0.15) is 51.4 Å². The standard InChI is InChI=1S/C17H22N2OS/c20-16(12-6-9-13-7-2-1-3-8-13)19-17-18-14-10-4-5-11-15(14)21-17/h4-5,10-11,13H,1-3,6-9,12H2,(H,18,19,20). The molecule has 1 heterocycles. The van der Waals surface area contributed by atoms with Crippen molar-refractivity contribution in [3.63, 3.8) is 0 Å². The van der Waals surface area contributed by atoms with Gasteiger partial charge in [0, 0.05) is 6.42 Å². The highest BCUT2D eigenvalue weighted by Gasteiger charge is 2.14. The van der Waals surface area contributed by atoms with Gasteiger partial charge in [0.2, 0.25) is 5.91 Å². The zero-order chi connectivity index (χ0) is 14.5. The third kappa shape index (κ3) is 4.03. The second-order valence-electron chi connectivity index (χ2n) is 5.93. The van der Waals surface area contributed by atoms with E-state index in [-0.39, 0.29) is 5.91 Å². The molecular weight excluding hydrogens is 280 g/mol. The zero-order valence-electron chi connectivity index (χ0n) is 12.3. The zero-order valence-corrected chi connectivity index (χ0v) is 13.1. The first-order valence-corrected chi connectivity index (χ1v) is 8.78. The average molecular weight is 302 g/mol. The lowest BCUT2D eigenvalue weighted by molar-refractivity contribution is -0.116. The Labute approximate surface area is 129 Å². The van der Waals surface area contributed by atoms with Crippen molar-refractivity contribution in [3.05, 3.63) is 24.3 Å². The number of hydrogen-bond acceptors (Lipinski definition) is 3. The minimum Gasteiger partial charge on any atom is -0.302 e. The van der Waals surface area contributed by atoms with Crippen molar-refractivity contribution in [1.82, 2.24) is 4.98 Å². The van der Waals surface area contributed by atoms with Crippen molar-refractivity contribution in [3.8, 4) is 0 Å². The maximum atomic E-state index is 12.0. The van der Waals surface area contributed by atoms with Crippen LogP contribution >= 0.6 is 11.3 Å². The largest absolute Gasteiger partial charge is 0.302 e. The van der Waals surface area contributed by atoms with Gasteiger partial charge in [0.1, 0.15) is 0 Å². The van der Waals surface area contributed by atoms with Crippen LogP contribution in [0.2, 0.25) is 0 Å². The number of benzene rings is 1. The third-order valence-corrected chi connectivity index (χ3v) is 5.23. The van der Waals surface area contributed by atoms with E-state index in [0.717, 1.165) is 27.7 Å². The molecule has 0 atom stereocenters. The Balaban J connectivity index is 1.45. The molecule has 1 aliphatic carbocycles. The maximum Gasteiger partial charge on any atom is 0.226 e. The molecule has 3 rings (SSSR count). The van der Waals surface area contributed by atoms with Crippen molar-refractivity contribution in [2.24, 2.45) is 5.92 Å². The van der Waals surface area contributed by atoms with Gasteiger partial charge in [0.25, 0.3) is 0 Å². The van der Waals surface area contributed by atoms with Gasteiger partial charge in [-0.3, -0.25) is 4.79 Å². The smallest absolute Gasteiger partial charge is 0.226 e. The van der Waals surface area contributed by atoms with E-state index in [1.807, 2.05) is 24.3 Å². The molecule has 0 aliphatic heterocycles. The first kappa shape index (κ1) is 14.5. The Morgan fingerprint density at radius 2 is 2.05 bits per heavy atom. The van der Waals surface area contributed by atoms with Crippen LogP contribution in [0.15, 0.2) is 24.3 Å². The van der Waals surface area contributed by atoms with Crippen LogP contribution in [0.25, 0.3) is 10.2 Å². The lowest BCUT2D eigenvalue weighted by Crippen LogP contribution is -2.12. The van der Waals surface area contributed by atoms with Crippen LogP contribution in [0.5, 0.6) is 0 Å². The van der Waals surface area contributed by atoms with Crippen molar-refractivity contribution < 1.29 is 4.79 Å². The lowest BCUT2D eigenvalue weighted by Gasteiger charge is -2.20. The van der Waals surface area contributed by atoms with Gasteiger partial charge in [-0.25, -0.2) is 4.98 Å². The summed E-state index contributed by atoms with van der Waals surface area (Å²) < 4.78 is 1.12. The van der Waals surface area contributed by atoms with Crippen molar-refractivity contribution in [1.29, 1.82) is 0 Å². The Bertz CT molecular complexity index is 569. The van der Waals surface area contributed by atoms with E-state index in [2.05, 4.69) is 10.3 Å². The predicted octanol–water partition coefficient (Wildman–Crippen LogP) is 4.99. The summed E-state index contributed by atoms with van der Waals surface area (Å²) in [5.74, 6) is 0.957. The molecule has 3 nitrogen and oxygen atoms in total. The van der Waals surface area contributed by atoms with Gasteiger partial charge in [0.15, 0.2) is 5.13 Å². The third-order valence-electron chi connectivity index (χ3n) is 4.28. The number of carbonyl (C=O) groups is 1. The number of anilines is 1. The highest BCUT2D eigenvalue weighted by molar-refractivity contribution is 7.22. The van der Waals surface area contributed by atoms with Crippen LogP contribution in [0.4, 0.5) is 5.13 Å². The number of carbonyl (C=O) groups excluding carboxylic acids is 1. The normalized spacial score (nSPS) is 16.2. The number of thiazole rings is 1. The Morgan fingerprint density at radius 1 is 1.24 bits per heavy atom. The summed E-state index contributed by atoms with van der Waals surface area (Å²) in [7, 11) is 0. The second-order valence-corrected chi connectivity index (χ2v) is 6.96. The van der Waals surface area contributed by atoms with E-state index >= 15 is 0 Å². The maximum absolute atomic E-state index is 12.0. The van der Waals surface area contributed by atoms with Crippen molar-refractivity contribution in [2.75, 3.05) is 5.32 Å². The molecule has 0 unspecified atom stereocenters. The number of hydrogen-bond donors (Lipinski definition) is 1. The highest BCUT2D eigenvalue weighted by Crippen LogP contribution is 2.28. The Kier molecular flexibility index (Phi) is 4.86. The van der Waals surface area contributed by atoms with E-state index in [9.17, 15) is 4.79 Å². The Morgan fingerprint density at radius 3 is 2.86 bits per heavy atom. The lowest BCUT2D eigenvalue weighted by atomic mass is 9.86. The van der Waals surface area contributed by atoms with Crippen LogP contribution < -0.4 is 5.32 Å². The number of rotatable bonds is 5. The molecule has 0 spiro atoms.